The van der Waals surface area contributed by atoms with Gasteiger partial charge in [-0.05, 0) is 42.0 Å². The summed E-state index contributed by atoms with van der Waals surface area (Å²) in [6.07, 6.45) is 0.485. The summed E-state index contributed by atoms with van der Waals surface area (Å²) in [5, 5.41) is 3.07. The molecule has 0 aliphatic carbocycles. The number of nitrogens with one attached hydrogen (secondary N) is 1. The highest BCUT2D eigenvalue weighted by molar-refractivity contribution is 5.75. The van der Waals surface area contributed by atoms with Gasteiger partial charge in [0.25, 0.3) is 0 Å². The van der Waals surface area contributed by atoms with Gasteiger partial charge < -0.3 is 24.4 Å². The van der Waals surface area contributed by atoms with Crippen LogP contribution in [-0.2, 0) is 4.79 Å². The van der Waals surface area contributed by atoms with Crippen molar-refractivity contribution in [1.29, 1.82) is 0 Å². The van der Waals surface area contributed by atoms with E-state index in [1.807, 2.05) is 31.2 Å². The van der Waals surface area contributed by atoms with Crippen molar-refractivity contribution in [2.45, 2.75) is 19.4 Å². The summed E-state index contributed by atoms with van der Waals surface area (Å²) < 4.78 is 16.3. The lowest BCUT2D eigenvalue weighted by atomic mass is 10.0. The zero-order valence-electron chi connectivity index (χ0n) is 17.6. The fourth-order valence-corrected chi connectivity index (χ4v) is 4.00. The Morgan fingerprint density at radius 3 is 2.50 bits per heavy atom. The molecule has 2 aromatic carbocycles. The summed E-state index contributed by atoms with van der Waals surface area (Å²) in [4.78, 5) is 16.7. The van der Waals surface area contributed by atoms with Gasteiger partial charge in [-0.15, -0.1) is 0 Å². The largest absolute Gasteiger partial charge is 0.497 e. The second-order valence-electron chi connectivity index (χ2n) is 7.51. The lowest BCUT2D eigenvalue weighted by Gasteiger charge is -2.40. The first kappa shape index (κ1) is 20.3. The molecule has 4 rings (SSSR count). The monoisotopic (exact) mass is 411 g/mol. The molecule has 1 saturated heterocycles. The van der Waals surface area contributed by atoms with Crippen LogP contribution in [0.25, 0.3) is 0 Å². The predicted molar refractivity (Wildman–Crippen MR) is 115 cm³/mol. The normalized spacial score (nSPS) is 16.9. The van der Waals surface area contributed by atoms with Gasteiger partial charge >= 0.3 is 0 Å². The van der Waals surface area contributed by atoms with Crippen molar-refractivity contribution in [1.82, 2.24) is 10.2 Å². The minimum atomic E-state index is 0.0672. The Balaban J connectivity index is 1.46. The van der Waals surface area contributed by atoms with Crippen LogP contribution in [0.5, 0.6) is 17.2 Å². The first-order valence-electron chi connectivity index (χ1n) is 10.5. The lowest BCUT2D eigenvalue weighted by molar-refractivity contribution is -0.121. The molecule has 30 heavy (non-hydrogen) atoms. The fourth-order valence-electron chi connectivity index (χ4n) is 4.00. The Bertz CT molecular complexity index is 863. The Morgan fingerprint density at radius 2 is 1.80 bits per heavy atom. The number of hydrogen-bond donors (Lipinski definition) is 1. The maximum absolute atomic E-state index is 11.9. The van der Waals surface area contributed by atoms with Crippen molar-refractivity contribution in [3.05, 3.63) is 48.0 Å². The maximum atomic E-state index is 11.9. The molecule has 0 saturated carbocycles. The van der Waals surface area contributed by atoms with Crippen LogP contribution >= 0.6 is 0 Å². The molecule has 1 N–H and O–H groups in total. The lowest BCUT2D eigenvalue weighted by Crippen LogP contribution is -2.49. The van der Waals surface area contributed by atoms with Gasteiger partial charge in [-0.1, -0.05) is 13.0 Å². The molecule has 0 radical (unpaired) electrons. The van der Waals surface area contributed by atoms with Crippen molar-refractivity contribution in [3.63, 3.8) is 0 Å². The minimum Gasteiger partial charge on any atom is -0.497 e. The smallest absolute Gasteiger partial charge is 0.231 e. The molecule has 0 aromatic heterocycles. The molecule has 2 heterocycles. The highest BCUT2D eigenvalue weighted by Crippen LogP contribution is 2.35. The quantitative estimate of drug-likeness (QED) is 0.756. The van der Waals surface area contributed by atoms with Crippen LogP contribution < -0.4 is 24.4 Å². The Morgan fingerprint density at radius 1 is 1.07 bits per heavy atom. The number of carbonyl (C=O) groups is 1. The molecule has 2 aliphatic heterocycles. The zero-order chi connectivity index (χ0) is 20.9. The third-order valence-corrected chi connectivity index (χ3v) is 5.79. The number of rotatable bonds is 7. The number of ether oxygens (including phenoxy) is 3. The molecule has 160 valence electrons. The van der Waals surface area contributed by atoms with E-state index < -0.39 is 0 Å². The molecule has 1 fully saturated rings. The van der Waals surface area contributed by atoms with E-state index in [9.17, 15) is 4.79 Å². The molecular formula is C23H29N3O4. The predicted octanol–water partition coefficient (Wildman–Crippen LogP) is 2.81. The van der Waals surface area contributed by atoms with Crippen molar-refractivity contribution < 1.29 is 19.0 Å². The van der Waals surface area contributed by atoms with Gasteiger partial charge in [0.15, 0.2) is 11.5 Å². The first-order chi connectivity index (χ1) is 14.7. The second kappa shape index (κ2) is 9.26. The summed E-state index contributed by atoms with van der Waals surface area (Å²) in [6, 6.07) is 14.4. The molecule has 2 aromatic rings. The third-order valence-electron chi connectivity index (χ3n) is 5.79. The number of hydrogen-bond acceptors (Lipinski definition) is 6. The molecule has 0 unspecified atom stereocenters. The minimum absolute atomic E-state index is 0.0672. The van der Waals surface area contributed by atoms with Gasteiger partial charge in [-0.2, -0.15) is 0 Å². The number of carbonyl (C=O) groups excluding carboxylic acids is 1. The van der Waals surface area contributed by atoms with E-state index in [2.05, 4.69) is 33.3 Å². The summed E-state index contributed by atoms with van der Waals surface area (Å²) in [7, 11) is 1.68. The standard InChI is InChI=1S/C23H29N3O4/c1-3-23(27)24-15-20(17-4-9-21-22(14-17)30-16-29-21)26-12-10-25(11-13-26)18-5-7-19(28-2)8-6-18/h4-9,14,20H,3,10-13,15-16H2,1-2H3,(H,24,27)/t20-/m1/s1. The fraction of sp³-hybridized carbons (Fsp3) is 0.435. The first-order valence-corrected chi connectivity index (χ1v) is 10.5. The molecule has 1 atom stereocenters. The van der Waals surface area contributed by atoms with Crippen LogP contribution in [0.1, 0.15) is 24.9 Å². The van der Waals surface area contributed by atoms with Crippen LogP contribution in [0, 0.1) is 0 Å². The van der Waals surface area contributed by atoms with Crippen LogP contribution in [0.3, 0.4) is 0 Å². The van der Waals surface area contributed by atoms with Gasteiger partial charge in [0.1, 0.15) is 5.75 Å². The molecule has 2 aliphatic rings. The van der Waals surface area contributed by atoms with Gasteiger partial charge in [-0.25, -0.2) is 0 Å². The highest BCUT2D eigenvalue weighted by Gasteiger charge is 2.27. The summed E-state index contributed by atoms with van der Waals surface area (Å²) in [5.41, 5.74) is 2.34. The van der Waals surface area contributed by atoms with Crippen LogP contribution in [0.4, 0.5) is 5.69 Å². The number of anilines is 1. The number of methoxy groups -OCH3 is 1. The zero-order valence-corrected chi connectivity index (χ0v) is 17.6. The van der Waals surface area contributed by atoms with E-state index in [1.165, 1.54) is 5.69 Å². The van der Waals surface area contributed by atoms with E-state index in [0.29, 0.717) is 13.0 Å². The third kappa shape index (κ3) is 4.46. The number of benzene rings is 2. The number of nitrogens with zero attached hydrogens (tertiary/aromatic N) is 2. The molecule has 7 nitrogen and oxygen atoms in total. The Hall–Kier alpha value is -2.93. The maximum Gasteiger partial charge on any atom is 0.231 e. The van der Waals surface area contributed by atoms with Gasteiger partial charge in [0, 0.05) is 44.8 Å². The van der Waals surface area contributed by atoms with Crippen molar-refractivity contribution in [3.8, 4) is 17.2 Å². The van der Waals surface area contributed by atoms with Crippen molar-refractivity contribution in [2.75, 3.05) is 51.5 Å². The second-order valence-corrected chi connectivity index (χ2v) is 7.51. The summed E-state index contributed by atoms with van der Waals surface area (Å²) in [5.74, 6) is 2.49. The van der Waals surface area contributed by atoms with Crippen molar-refractivity contribution >= 4 is 11.6 Å². The van der Waals surface area contributed by atoms with E-state index in [-0.39, 0.29) is 18.7 Å². The van der Waals surface area contributed by atoms with Gasteiger partial charge in [0.05, 0.1) is 13.2 Å². The van der Waals surface area contributed by atoms with Crippen molar-refractivity contribution in [2.24, 2.45) is 0 Å². The van der Waals surface area contributed by atoms with Crippen LogP contribution in [-0.4, -0.2) is 57.4 Å². The topological polar surface area (TPSA) is 63.3 Å². The average molecular weight is 412 g/mol. The highest BCUT2D eigenvalue weighted by atomic mass is 16.7. The summed E-state index contributed by atoms with van der Waals surface area (Å²) >= 11 is 0. The number of amides is 1. The Kier molecular flexibility index (Phi) is 6.28. The summed E-state index contributed by atoms with van der Waals surface area (Å²) in [6.45, 7) is 6.38. The molecule has 1 amide bonds. The molecular weight excluding hydrogens is 382 g/mol. The van der Waals surface area contributed by atoms with E-state index in [4.69, 9.17) is 14.2 Å². The number of piperazine rings is 1. The average Bonchev–Trinajstić information content (AvgIpc) is 3.27. The molecule has 0 bridgehead atoms. The SMILES string of the molecule is CCC(=O)NC[C@H](c1ccc2c(c1)OCO2)N1CCN(c2ccc(OC)cc2)CC1. The van der Waals surface area contributed by atoms with Gasteiger partial charge in [0.2, 0.25) is 12.7 Å². The number of fused-ring (bicyclic) bond motifs is 1. The molecule has 0 spiro atoms. The molecule has 7 heteroatoms. The van der Waals surface area contributed by atoms with E-state index in [0.717, 1.165) is 49.0 Å². The Labute approximate surface area is 177 Å². The van der Waals surface area contributed by atoms with Crippen LogP contribution in [0.2, 0.25) is 0 Å². The van der Waals surface area contributed by atoms with Crippen LogP contribution in [0.15, 0.2) is 42.5 Å². The van der Waals surface area contributed by atoms with Gasteiger partial charge in [-0.3, -0.25) is 9.69 Å². The van der Waals surface area contributed by atoms with E-state index >= 15 is 0 Å². The van der Waals surface area contributed by atoms with E-state index in [1.54, 1.807) is 7.11 Å².